The van der Waals surface area contributed by atoms with Crippen molar-refractivity contribution in [3.05, 3.63) is 16.6 Å². The standard InChI is InChI=1S/C11H18N2OS/c1-9-3-4-13(7-11(9)14-2)6-10-5-12-8-15-10/h5,8-9,11H,3-4,6-7H2,1-2H3/t9-,11+/m0/s1. The van der Waals surface area contributed by atoms with Crippen LogP contribution in [0.4, 0.5) is 0 Å². The Balaban J connectivity index is 1.89. The molecule has 0 N–H and O–H groups in total. The van der Waals surface area contributed by atoms with Crippen LogP contribution in [0.3, 0.4) is 0 Å². The zero-order valence-electron chi connectivity index (χ0n) is 9.35. The highest BCUT2D eigenvalue weighted by atomic mass is 32.1. The van der Waals surface area contributed by atoms with Gasteiger partial charge in [0.15, 0.2) is 0 Å². The van der Waals surface area contributed by atoms with E-state index >= 15 is 0 Å². The molecule has 4 heteroatoms. The Morgan fingerprint density at radius 3 is 3.20 bits per heavy atom. The van der Waals surface area contributed by atoms with Crippen LogP contribution in [0.1, 0.15) is 18.2 Å². The van der Waals surface area contributed by atoms with Gasteiger partial charge in [-0.2, -0.15) is 0 Å². The number of hydrogen-bond acceptors (Lipinski definition) is 4. The number of methoxy groups -OCH3 is 1. The van der Waals surface area contributed by atoms with E-state index in [-0.39, 0.29) is 0 Å². The Morgan fingerprint density at radius 2 is 2.53 bits per heavy atom. The molecule has 0 amide bonds. The van der Waals surface area contributed by atoms with Crippen molar-refractivity contribution < 1.29 is 4.74 Å². The van der Waals surface area contributed by atoms with Gasteiger partial charge in [-0.1, -0.05) is 6.92 Å². The molecule has 0 radical (unpaired) electrons. The minimum atomic E-state index is 0.395. The van der Waals surface area contributed by atoms with Gasteiger partial charge in [-0.25, -0.2) is 0 Å². The van der Waals surface area contributed by atoms with Crippen LogP contribution in [0.25, 0.3) is 0 Å². The van der Waals surface area contributed by atoms with Crippen molar-refractivity contribution in [3.8, 4) is 0 Å². The molecule has 0 bridgehead atoms. The van der Waals surface area contributed by atoms with Crippen molar-refractivity contribution in [3.63, 3.8) is 0 Å². The highest BCUT2D eigenvalue weighted by molar-refractivity contribution is 7.09. The van der Waals surface area contributed by atoms with E-state index in [2.05, 4.69) is 16.8 Å². The smallest absolute Gasteiger partial charge is 0.0794 e. The molecule has 0 saturated carbocycles. The largest absolute Gasteiger partial charge is 0.380 e. The molecular formula is C11H18N2OS. The summed E-state index contributed by atoms with van der Waals surface area (Å²) in [6.07, 6.45) is 3.59. The summed E-state index contributed by atoms with van der Waals surface area (Å²) in [6.45, 7) is 5.53. The first kappa shape index (κ1) is 11.0. The fourth-order valence-corrected chi connectivity index (χ4v) is 2.72. The molecule has 1 aromatic heterocycles. The third-order valence-corrected chi connectivity index (χ3v) is 3.90. The van der Waals surface area contributed by atoms with Gasteiger partial charge in [-0.3, -0.25) is 9.88 Å². The van der Waals surface area contributed by atoms with Gasteiger partial charge in [0.25, 0.3) is 0 Å². The minimum Gasteiger partial charge on any atom is -0.380 e. The highest BCUT2D eigenvalue weighted by Gasteiger charge is 2.25. The molecule has 3 nitrogen and oxygen atoms in total. The van der Waals surface area contributed by atoms with Crippen LogP contribution in [0.5, 0.6) is 0 Å². The minimum absolute atomic E-state index is 0.395. The second kappa shape index (κ2) is 5.05. The Bertz CT molecular complexity index is 289. The third kappa shape index (κ3) is 2.77. The molecule has 15 heavy (non-hydrogen) atoms. The van der Waals surface area contributed by atoms with Crippen molar-refractivity contribution in [1.29, 1.82) is 0 Å². The van der Waals surface area contributed by atoms with Gasteiger partial charge in [0.1, 0.15) is 0 Å². The third-order valence-electron chi connectivity index (χ3n) is 3.14. The lowest BCUT2D eigenvalue weighted by Crippen LogP contribution is -2.43. The zero-order valence-corrected chi connectivity index (χ0v) is 10.2. The van der Waals surface area contributed by atoms with Crippen LogP contribution in [-0.4, -0.2) is 36.2 Å². The monoisotopic (exact) mass is 226 g/mol. The normalized spacial score (nSPS) is 28.1. The Labute approximate surface area is 95.1 Å². The van der Waals surface area contributed by atoms with Gasteiger partial charge in [0.05, 0.1) is 11.6 Å². The number of ether oxygens (including phenoxy) is 1. The first-order valence-corrected chi connectivity index (χ1v) is 6.30. The van der Waals surface area contributed by atoms with E-state index < -0.39 is 0 Å². The fourth-order valence-electron chi connectivity index (χ4n) is 2.09. The summed E-state index contributed by atoms with van der Waals surface area (Å²) < 4.78 is 5.50. The lowest BCUT2D eigenvalue weighted by molar-refractivity contribution is -0.00717. The Kier molecular flexibility index (Phi) is 3.72. The molecule has 1 saturated heterocycles. The van der Waals surface area contributed by atoms with Crippen molar-refractivity contribution in [1.82, 2.24) is 9.88 Å². The molecule has 0 spiro atoms. The first-order chi connectivity index (χ1) is 7.29. The van der Waals surface area contributed by atoms with Gasteiger partial charge >= 0.3 is 0 Å². The Morgan fingerprint density at radius 1 is 1.67 bits per heavy atom. The summed E-state index contributed by atoms with van der Waals surface area (Å²) in [5.41, 5.74) is 1.90. The summed E-state index contributed by atoms with van der Waals surface area (Å²) in [5.74, 6) is 0.688. The molecule has 1 aliphatic rings. The van der Waals surface area contributed by atoms with Crippen molar-refractivity contribution in [2.45, 2.75) is 26.0 Å². The predicted octanol–water partition coefficient (Wildman–Crippen LogP) is 2.00. The Hall–Kier alpha value is -0.450. The summed E-state index contributed by atoms with van der Waals surface area (Å²) in [4.78, 5) is 7.91. The lowest BCUT2D eigenvalue weighted by atomic mass is 9.96. The van der Waals surface area contributed by atoms with Gasteiger partial charge in [-0.15, -0.1) is 11.3 Å². The maximum Gasteiger partial charge on any atom is 0.0794 e. The van der Waals surface area contributed by atoms with E-state index in [9.17, 15) is 0 Å². The molecule has 2 rings (SSSR count). The summed E-state index contributed by atoms with van der Waals surface area (Å²) in [7, 11) is 1.82. The lowest BCUT2D eigenvalue weighted by Gasteiger charge is -2.35. The maximum atomic E-state index is 5.50. The summed E-state index contributed by atoms with van der Waals surface area (Å²) in [5, 5.41) is 0. The molecule has 84 valence electrons. The van der Waals surface area contributed by atoms with E-state index in [1.807, 2.05) is 18.8 Å². The van der Waals surface area contributed by atoms with E-state index in [1.54, 1.807) is 11.3 Å². The molecule has 2 heterocycles. The van der Waals surface area contributed by atoms with Crippen LogP contribution < -0.4 is 0 Å². The molecule has 0 unspecified atom stereocenters. The second-order valence-corrected chi connectivity index (χ2v) is 5.21. The van der Waals surface area contributed by atoms with Gasteiger partial charge in [-0.05, 0) is 18.9 Å². The van der Waals surface area contributed by atoms with Gasteiger partial charge in [0.2, 0.25) is 0 Å². The van der Waals surface area contributed by atoms with E-state index in [4.69, 9.17) is 4.74 Å². The van der Waals surface area contributed by atoms with Crippen molar-refractivity contribution in [2.75, 3.05) is 20.2 Å². The predicted molar refractivity (Wildman–Crippen MR) is 62.0 cm³/mol. The quantitative estimate of drug-likeness (QED) is 0.788. The van der Waals surface area contributed by atoms with Crippen LogP contribution >= 0.6 is 11.3 Å². The van der Waals surface area contributed by atoms with Crippen LogP contribution in [0.2, 0.25) is 0 Å². The number of aromatic nitrogens is 1. The molecular weight excluding hydrogens is 208 g/mol. The van der Waals surface area contributed by atoms with E-state index in [1.165, 1.54) is 17.8 Å². The number of thiazole rings is 1. The highest BCUT2D eigenvalue weighted by Crippen LogP contribution is 2.21. The SMILES string of the molecule is CO[C@@H]1CN(Cc2cncs2)CC[C@@H]1C. The van der Waals surface area contributed by atoms with Crippen LogP contribution in [-0.2, 0) is 11.3 Å². The van der Waals surface area contributed by atoms with Gasteiger partial charge < -0.3 is 4.74 Å². The summed E-state index contributed by atoms with van der Waals surface area (Å²) in [6, 6.07) is 0. The number of likely N-dealkylation sites (tertiary alicyclic amines) is 1. The van der Waals surface area contributed by atoms with Gasteiger partial charge in [0, 0.05) is 31.3 Å². The van der Waals surface area contributed by atoms with Crippen molar-refractivity contribution >= 4 is 11.3 Å². The fraction of sp³-hybridized carbons (Fsp3) is 0.727. The number of rotatable bonds is 3. The second-order valence-electron chi connectivity index (χ2n) is 4.24. The molecule has 1 aliphatic heterocycles. The average molecular weight is 226 g/mol. The van der Waals surface area contributed by atoms with E-state index in [0.717, 1.165) is 13.1 Å². The molecule has 1 aromatic rings. The van der Waals surface area contributed by atoms with Crippen LogP contribution in [0.15, 0.2) is 11.7 Å². The van der Waals surface area contributed by atoms with Crippen molar-refractivity contribution in [2.24, 2.45) is 5.92 Å². The first-order valence-electron chi connectivity index (χ1n) is 5.42. The maximum absolute atomic E-state index is 5.50. The molecule has 0 aliphatic carbocycles. The molecule has 1 fully saturated rings. The van der Waals surface area contributed by atoms with E-state index in [0.29, 0.717) is 12.0 Å². The average Bonchev–Trinajstić information content (AvgIpc) is 2.73. The number of hydrogen-bond donors (Lipinski definition) is 0. The zero-order chi connectivity index (χ0) is 10.7. The topological polar surface area (TPSA) is 25.4 Å². The number of nitrogens with zero attached hydrogens (tertiary/aromatic N) is 2. The van der Waals surface area contributed by atoms with Crippen LogP contribution in [0, 0.1) is 5.92 Å². The summed E-state index contributed by atoms with van der Waals surface area (Å²) >= 11 is 1.73. The molecule has 0 aromatic carbocycles. The molecule has 2 atom stereocenters. The number of piperidine rings is 1.